The fourth-order valence-electron chi connectivity index (χ4n) is 3.01. The van der Waals surface area contributed by atoms with E-state index in [1.165, 1.54) is 12.1 Å². The number of halogens is 1. The van der Waals surface area contributed by atoms with Gasteiger partial charge in [-0.1, -0.05) is 22.0 Å². The quantitative estimate of drug-likeness (QED) is 0.245. The Balaban J connectivity index is 2.25. The third-order valence-electron chi connectivity index (χ3n) is 4.46. The Morgan fingerprint density at radius 2 is 1.94 bits per heavy atom. The Hall–Kier alpha value is -2.49. The molecule has 0 aliphatic rings. The zero-order valence-corrected chi connectivity index (χ0v) is 20.2. The van der Waals surface area contributed by atoms with Gasteiger partial charge < -0.3 is 19.7 Å². The largest absolute Gasteiger partial charge is 0.508 e. The van der Waals surface area contributed by atoms with Crippen molar-refractivity contribution in [2.75, 3.05) is 18.2 Å². The normalized spacial score (nSPS) is 13.0. The van der Waals surface area contributed by atoms with Crippen molar-refractivity contribution >= 4 is 45.4 Å². The van der Waals surface area contributed by atoms with Crippen molar-refractivity contribution in [1.82, 2.24) is 0 Å². The van der Waals surface area contributed by atoms with Gasteiger partial charge in [-0.25, -0.2) is 9.59 Å². The maximum atomic E-state index is 12.7. The number of phenolic OH excluding ortho intramolecular Hbond substituents is 1. The maximum absolute atomic E-state index is 12.7. The second-order valence-corrected chi connectivity index (χ2v) is 8.49. The summed E-state index contributed by atoms with van der Waals surface area (Å²) in [7, 11) is 0. The average molecular weight is 524 g/mol. The Bertz CT molecular complexity index is 935. The predicted octanol–water partition coefficient (Wildman–Crippen LogP) is 5.99. The molecule has 0 aliphatic carbocycles. The molecule has 1 amide bonds. The molecule has 7 nitrogen and oxygen atoms in total. The zero-order valence-electron chi connectivity index (χ0n) is 17.8. The van der Waals surface area contributed by atoms with Crippen LogP contribution in [-0.4, -0.2) is 41.2 Å². The van der Waals surface area contributed by atoms with Gasteiger partial charge in [0.2, 0.25) is 0 Å². The van der Waals surface area contributed by atoms with Crippen molar-refractivity contribution < 1.29 is 29.3 Å². The maximum Gasteiger partial charge on any atom is 0.412 e. The lowest BCUT2D eigenvalue weighted by Gasteiger charge is -2.28. The lowest BCUT2D eigenvalue weighted by molar-refractivity contribution is -0.131. The van der Waals surface area contributed by atoms with Gasteiger partial charge in [-0.2, -0.15) is 0 Å². The molecule has 0 radical (unpaired) electrons. The number of allylic oxidation sites excluding steroid dienone is 1. The predicted molar refractivity (Wildman–Crippen MR) is 128 cm³/mol. The summed E-state index contributed by atoms with van der Waals surface area (Å²) in [5.74, 6) is -1.08. The molecule has 2 aromatic carbocycles. The molecule has 0 aliphatic heterocycles. The molecule has 0 heterocycles. The van der Waals surface area contributed by atoms with Gasteiger partial charge in [0.1, 0.15) is 5.75 Å². The van der Waals surface area contributed by atoms with E-state index in [0.717, 1.165) is 11.0 Å². The first-order chi connectivity index (χ1) is 15.3. The van der Waals surface area contributed by atoms with Crippen LogP contribution in [0.3, 0.4) is 0 Å². The number of nitrogens with one attached hydrogen (secondary N) is 1. The Kier molecular flexibility index (Phi) is 10.6. The van der Waals surface area contributed by atoms with Gasteiger partial charge >= 0.3 is 12.1 Å². The van der Waals surface area contributed by atoms with Crippen LogP contribution in [-0.2, 0) is 14.3 Å². The molecule has 0 unspecified atom stereocenters. The number of hydrogen-bond donors (Lipinski definition) is 3. The molecule has 9 heteroatoms. The molecule has 0 aromatic heterocycles. The third-order valence-corrected chi connectivity index (χ3v) is 5.70. The summed E-state index contributed by atoms with van der Waals surface area (Å²) in [5, 5.41) is 21.9. The SMILES string of the molecule is CCO[C@H](CC/C=C/C(=O)O)[C@H](OC(=O)Nc1ccc(SC)cc1)c1cc(Br)ccc1O. The lowest BCUT2D eigenvalue weighted by atomic mass is 9.99. The van der Waals surface area contributed by atoms with Gasteiger partial charge in [0, 0.05) is 33.3 Å². The van der Waals surface area contributed by atoms with Crippen molar-refractivity contribution in [2.45, 2.75) is 36.9 Å². The molecule has 0 spiro atoms. The minimum atomic E-state index is -1.04. The van der Waals surface area contributed by atoms with E-state index >= 15 is 0 Å². The van der Waals surface area contributed by atoms with Crippen molar-refractivity contribution in [3.05, 3.63) is 64.7 Å². The molecule has 2 atom stereocenters. The minimum absolute atomic E-state index is 0.0406. The number of carboxylic acid groups (broad SMARTS) is 1. The van der Waals surface area contributed by atoms with E-state index in [4.69, 9.17) is 14.6 Å². The number of carbonyl (C=O) groups excluding carboxylic acids is 1. The summed E-state index contributed by atoms with van der Waals surface area (Å²) < 4.78 is 12.3. The van der Waals surface area contributed by atoms with Crippen molar-refractivity contribution in [3.63, 3.8) is 0 Å². The summed E-state index contributed by atoms with van der Waals surface area (Å²) >= 11 is 4.97. The van der Waals surface area contributed by atoms with E-state index < -0.39 is 24.3 Å². The van der Waals surface area contributed by atoms with Crippen LogP contribution in [0.5, 0.6) is 5.75 Å². The molecular formula is C23H26BrNO6S. The monoisotopic (exact) mass is 523 g/mol. The molecule has 0 saturated heterocycles. The fraction of sp³-hybridized carbons (Fsp3) is 0.304. The number of rotatable bonds is 11. The van der Waals surface area contributed by atoms with Crippen LogP contribution in [0.15, 0.2) is 64.0 Å². The van der Waals surface area contributed by atoms with Crippen LogP contribution in [0, 0.1) is 0 Å². The molecule has 0 fully saturated rings. The topological polar surface area (TPSA) is 105 Å². The van der Waals surface area contributed by atoms with Gasteiger partial charge in [-0.05, 0) is 68.5 Å². The van der Waals surface area contributed by atoms with Crippen LogP contribution in [0.2, 0.25) is 0 Å². The van der Waals surface area contributed by atoms with Gasteiger partial charge in [-0.15, -0.1) is 11.8 Å². The van der Waals surface area contributed by atoms with E-state index in [2.05, 4.69) is 21.2 Å². The van der Waals surface area contributed by atoms with Crippen molar-refractivity contribution in [3.8, 4) is 5.75 Å². The van der Waals surface area contributed by atoms with Gasteiger partial charge in [0.15, 0.2) is 6.10 Å². The van der Waals surface area contributed by atoms with Gasteiger partial charge in [-0.3, -0.25) is 5.32 Å². The minimum Gasteiger partial charge on any atom is -0.508 e. The molecule has 3 N–H and O–H groups in total. The van der Waals surface area contributed by atoms with Crippen LogP contribution >= 0.6 is 27.7 Å². The molecule has 0 saturated carbocycles. The highest BCUT2D eigenvalue weighted by molar-refractivity contribution is 9.10. The highest BCUT2D eigenvalue weighted by Crippen LogP contribution is 2.35. The van der Waals surface area contributed by atoms with Crippen molar-refractivity contribution in [2.24, 2.45) is 0 Å². The standard InChI is InChI=1S/C23H26BrNO6S/c1-3-30-20(6-4-5-7-21(27)28)22(18-14-15(24)8-13-19(18)26)31-23(29)25-16-9-11-17(32-2)12-10-16/h5,7-14,20,22,26H,3-4,6H2,1-2H3,(H,25,29)(H,27,28)/b7-5+/t20-,22-/m1/s1. The molecule has 2 rings (SSSR count). The van der Waals surface area contributed by atoms with Crippen molar-refractivity contribution in [1.29, 1.82) is 0 Å². The highest BCUT2D eigenvalue weighted by Gasteiger charge is 2.30. The summed E-state index contributed by atoms with van der Waals surface area (Å²) in [6, 6.07) is 12.2. The first-order valence-corrected chi connectivity index (χ1v) is 12.0. The third kappa shape index (κ3) is 8.22. The molecule has 172 valence electrons. The van der Waals surface area contributed by atoms with E-state index in [-0.39, 0.29) is 5.75 Å². The summed E-state index contributed by atoms with van der Waals surface area (Å²) in [5.41, 5.74) is 0.954. The number of carbonyl (C=O) groups is 2. The van der Waals surface area contributed by atoms with Gasteiger partial charge in [0.25, 0.3) is 0 Å². The number of amides is 1. The second kappa shape index (κ2) is 13.1. The van der Waals surface area contributed by atoms with Crippen LogP contribution in [0.25, 0.3) is 0 Å². The van der Waals surface area contributed by atoms with E-state index in [1.807, 2.05) is 25.3 Å². The number of phenols is 1. The van der Waals surface area contributed by atoms with Crippen LogP contribution < -0.4 is 5.32 Å². The molecule has 32 heavy (non-hydrogen) atoms. The average Bonchev–Trinajstić information content (AvgIpc) is 2.76. The van der Waals surface area contributed by atoms with Crippen LogP contribution in [0.4, 0.5) is 10.5 Å². The number of hydrogen-bond acceptors (Lipinski definition) is 6. The van der Waals surface area contributed by atoms with Gasteiger partial charge in [0.05, 0.1) is 6.10 Å². The number of thioether (sulfide) groups is 1. The van der Waals surface area contributed by atoms with E-state index in [9.17, 15) is 14.7 Å². The number of carboxylic acids is 1. The van der Waals surface area contributed by atoms with E-state index in [0.29, 0.717) is 35.2 Å². The second-order valence-electron chi connectivity index (χ2n) is 6.69. The first-order valence-electron chi connectivity index (χ1n) is 9.95. The number of anilines is 1. The lowest BCUT2D eigenvalue weighted by Crippen LogP contribution is -2.29. The number of aromatic hydroxyl groups is 1. The number of benzene rings is 2. The van der Waals surface area contributed by atoms with Crippen LogP contribution in [0.1, 0.15) is 31.4 Å². The molecule has 0 bridgehead atoms. The number of aliphatic carboxylic acids is 1. The summed E-state index contributed by atoms with van der Waals surface area (Å²) in [6.45, 7) is 2.16. The first kappa shape index (κ1) is 25.8. The zero-order chi connectivity index (χ0) is 23.5. The highest BCUT2D eigenvalue weighted by atomic mass is 79.9. The van der Waals surface area contributed by atoms with E-state index in [1.54, 1.807) is 36.0 Å². The number of ether oxygens (including phenoxy) is 2. The summed E-state index contributed by atoms with van der Waals surface area (Å²) in [4.78, 5) is 24.5. The molecule has 2 aromatic rings. The Labute approximate surface area is 199 Å². The summed E-state index contributed by atoms with van der Waals surface area (Å²) in [6.07, 6.45) is 3.08. The molecular weight excluding hydrogens is 498 g/mol. The Morgan fingerprint density at radius 3 is 2.56 bits per heavy atom. The Morgan fingerprint density at radius 1 is 1.22 bits per heavy atom. The fourth-order valence-corrected chi connectivity index (χ4v) is 3.80. The smallest absolute Gasteiger partial charge is 0.412 e.